The SMILES string of the molecule is CC(C)c1ccc(Oc2cccc(C=O)c2)cc1. The summed E-state index contributed by atoms with van der Waals surface area (Å²) in [5, 5.41) is 0. The number of carbonyl (C=O) groups is 1. The van der Waals surface area contributed by atoms with Gasteiger partial charge in [-0.15, -0.1) is 0 Å². The van der Waals surface area contributed by atoms with Crippen molar-refractivity contribution in [2.75, 3.05) is 0 Å². The maximum absolute atomic E-state index is 10.7. The van der Waals surface area contributed by atoms with Crippen LogP contribution in [0.2, 0.25) is 0 Å². The highest BCUT2D eigenvalue weighted by Gasteiger charge is 2.01. The summed E-state index contributed by atoms with van der Waals surface area (Å²) in [5.74, 6) is 1.97. The molecule has 2 nitrogen and oxygen atoms in total. The number of carbonyl (C=O) groups excluding carboxylic acids is 1. The lowest BCUT2D eigenvalue weighted by Gasteiger charge is -2.08. The Balaban J connectivity index is 2.15. The molecule has 0 aliphatic heterocycles. The smallest absolute Gasteiger partial charge is 0.150 e. The first kappa shape index (κ1) is 12.4. The van der Waals surface area contributed by atoms with Crippen molar-refractivity contribution >= 4 is 6.29 Å². The van der Waals surface area contributed by atoms with Gasteiger partial charge in [0.25, 0.3) is 0 Å². The predicted molar refractivity (Wildman–Crippen MR) is 72.4 cm³/mol. The maximum Gasteiger partial charge on any atom is 0.150 e. The Morgan fingerprint density at radius 2 is 1.72 bits per heavy atom. The molecule has 18 heavy (non-hydrogen) atoms. The van der Waals surface area contributed by atoms with Crippen molar-refractivity contribution in [1.29, 1.82) is 0 Å². The molecule has 0 bridgehead atoms. The molecule has 2 rings (SSSR count). The molecule has 0 aliphatic carbocycles. The van der Waals surface area contributed by atoms with Crippen molar-refractivity contribution in [2.24, 2.45) is 0 Å². The lowest BCUT2D eigenvalue weighted by Crippen LogP contribution is -1.89. The van der Waals surface area contributed by atoms with E-state index in [4.69, 9.17) is 4.74 Å². The standard InChI is InChI=1S/C16H16O2/c1-12(2)14-6-8-15(9-7-14)18-16-5-3-4-13(10-16)11-17/h3-12H,1-2H3. The minimum Gasteiger partial charge on any atom is -0.457 e. The second-order valence-corrected chi connectivity index (χ2v) is 4.52. The average molecular weight is 240 g/mol. The highest BCUT2D eigenvalue weighted by Crippen LogP contribution is 2.24. The summed E-state index contributed by atoms with van der Waals surface area (Å²) < 4.78 is 5.70. The van der Waals surface area contributed by atoms with Gasteiger partial charge < -0.3 is 4.74 Å². The van der Waals surface area contributed by atoms with E-state index in [1.807, 2.05) is 24.3 Å². The Morgan fingerprint density at radius 1 is 1.00 bits per heavy atom. The summed E-state index contributed by atoms with van der Waals surface area (Å²) in [6.45, 7) is 4.31. The van der Waals surface area contributed by atoms with Crippen LogP contribution in [0.4, 0.5) is 0 Å². The molecule has 92 valence electrons. The third-order valence-corrected chi connectivity index (χ3v) is 2.78. The lowest BCUT2D eigenvalue weighted by atomic mass is 10.0. The quantitative estimate of drug-likeness (QED) is 0.740. The van der Waals surface area contributed by atoms with E-state index in [2.05, 4.69) is 26.0 Å². The molecule has 0 saturated heterocycles. The van der Waals surface area contributed by atoms with Crippen LogP contribution in [0.5, 0.6) is 11.5 Å². The molecule has 0 radical (unpaired) electrons. The number of hydrogen-bond acceptors (Lipinski definition) is 2. The molecule has 0 amide bonds. The fourth-order valence-electron chi connectivity index (χ4n) is 1.71. The monoisotopic (exact) mass is 240 g/mol. The van der Waals surface area contributed by atoms with Crippen LogP contribution < -0.4 is 4.74 Å². The molecule has 0 atom stereocenters. The van der Waals surface area contributed by atoms with Crippen LogP contribution in [0.25, 0.3) is 0 Å². The van der Waals surface area contributed by atoms with Crippen LogP contribution in [0, 0.1) is 0 Å². The lowest BCUT2D eigenvalue weighted by molar-refractivity contribution is 0.112. The third kappa shape index (κ3) is 2.98. The number of benzene rings is 2. The first-order chi connectivity index (χ1) is 8.69. The van der Waals surface area contributed by atoms with E-state index in [0.717, 1.165) is 12.0 Å². The zero-order chi connectivity index (χ0) is 13.0. The van der Waals surface area contributed by atoms with Gasteiger partial charge in [0.1, 0.15) is 17.8 Å². The fraction of sp³-hybridized carbons (Fsp3) is 0.188. The van der Waals surface area contributed by atoms with E-state index in [0.29, 0.717) is 17.2 Å². The van der Waals surface area contributed by atoms with Crippen molar-refractivity contribution in [3.8, 4) is 11.5 Å². The Bertz CT molecular complexity index is 527. The predicted octanol–water partition coefficient (Wildman–Crippen LogP) is 4.41. The topological polar surface area (TPSA) is 26.3 Å². The van der Waals surface area contributed by atoms with Crippen LogP contribution in [-0.2, 0) is 0 Å². The fourth-order valence-corrected chi connectivity index (χ4v) is 1.71. The van der Waals surface area contributed by atoms with Crippen LogP contribution in [0.1, 0.15) is 35.7 Å². The van der Waals surface area contributed by atoms with E-state index in [9.17, 15) is 4.79 Å². The Morgan fingerprint density at radius 3 is 2.33 bits per heavy atom. The van der Waals surface area contributed by atoms with Crippen molar-refractivity contribution in [3.05, 3.63) is 59.7 Å². The molecule has 0 unspecified atom stereocenters. The summed E-state index contributed by atoms with van der Waals surface area (Å²) in [6.07, 6.45) is 0.814. The first-order valence-corrected chi connectivity index (χ1v) is 6.02. The van der Waals surface area contributed by atoms with Crippen molar-refractivity contribution < 1.29 is 9.53 Å². The minimum absolute atomic E-state index is 0.512. The van der Waals surface area contributed by atoms with Crippen LogP contribution >= 0.6 is 0 Å². The van der Waals surface area contributed by atoms with Crippen LogP contribution in [0.15, 0.2) is 48.5 Å². The van der Waals surface area contributed by atoms with Gasteiger partial charge in [0.15, 0.2) is 0 Å². The van der Waals surface area contributed by atoms with E-state index < -0.39 is 0 Å². The number of ether oxygens (including phenoxy) is 1. The number of aldehydes is 1. The molecule has 0 fully saturated rings. The van der Waals surface area contributed by atoms with Gasteiger partial charge in [0, 0.05) is 5.56 Å². The zero-order valence-corrected chi connectivity index (χ0v) is 10.6. The van der Waals surface area contributed by atoms with E-state index in [-0.39, 0.29) is 0 Å². The molecule has 0 heterocycles. The summed E-state index contributed by atoms with van der Waals surface area (Å²) in [4.78, 5) is 10.7. The average Bonchev–Trinajstić information content (AvgIpc) is 2.39. The Hall–Kier alpha value is -2.09. The summed E-state index contributed by atoms with van der Waals surface area (Å²) in [7, 11) is 0. The van der Waals surface area contributed by atoms with Crippen molar-refractivity contribution in [3.63, 3.8) is 0 Å². The maximum atomic E-state index is 10.7. The number of rotatable bonds is 4. The molecule has 2 aromatic rings. The molecule has 0 spiro atoms. The van der Waals surface area contributed by atoms with Gasteiger partial charge in [0.2, 0.25) is 0 Å². The molecule has 0 aromatic heterocycles. The van der Waals surface area contributed by atoms with Crippen LogP contribution in [-0.4, -0.2) is 6.29 Å². The molecule has 0 saturated carbocycles. The summed E-state index contributed by atoms with van der Waals surface area (Å²) >= 11 is 0. The summed E-state index contributed by atoms with van der Waals surface area (Å²) in [6, 6.07) is 15.1. The van der Waals surface area contributed by atoms with E-state index in [1.165, 1.54) is 5.56 Å². The minimum atomic E-state index is 0.512. The number of hydrogen-bond donors (Lipinski definition) is 0. The van der Waals surface area contributed by atoms with Gasteiger partial charge in [-0.3, -0.25) is 4.79 Å². The summed E-state index contributed by atoms with van der Waals surface area (Å²) in [5.41, 5.74) is 1.90. The van der Waals surface area contributed by atoms with Gasteiger partial charge in [-0.2, -0.15) is 0 Å². The molecule has 2 aromatic carbocycles. The van der Waals surface area contributed by atoms with Crippen LogP contribution in [0.3, 0.4) is 0 Å². The van der Waals surface area contributed by atoms with E-state index >= 15 is 0 Å². The zero-order valence-electron chi connectivity index (χ0n) is 10.6. The Labute approximate surface area is 107 Å². The normalized spacial score (nSPS) is 10.4. The van der Waals surface area contributed by atoms with Gasteiger partial charge in [-0.1, -0.05) is 38.1 Å². The van der Waals surface area contributed by atoms with Gasteiger partial charge in [-0.05, 0) is 35.7 Å². The highest BCUT2D eigenvalue weighted by molar-refractivity contribution is 5.75. The van der Waals surface area contributed by atoms with Gasteiger partial charge in [-0.25, -0.2) is 0 Å². The largest absolute Gasteiger partial charge is 0.457 e. The molecular weight excluding hydrogens is 224 g/mol. The molecule has 0 aliphatic rings. The second-order valence-electron chi connectivity index (χ2n) is 4.52. The first-order valence-electron chi connectivity index (χ1n) is 6.02. The van der Waals surface area contributed by atoms with Crippen molar-refractivity contribution in [1.82, 2.24) is 0 Å². The highest BCUT2D eigenvalue weighted by atomic mass is 16.5. The van der Waals surface area contributed by atoms with Gasteiger partial charge >= 0.3 is 0 Å². The second kappa shape index (κ2) is 5.50. The van der Waals surface area contributed by atoms with E-state index in [1.54, 1.807) is 12.1 Å². The third-order valence-electron chi connectivity index (χ3n) is 2.78. The molecular formula is C16H16O2. The Kier molecular flexibility index (Phi) is 3.78. The molecule has 0 N–H and O–H groups in total. The van der Waals surface area contributed by atoms with Crippen molar-refractivity contribution in [2.45, 2.75) is 19.8 Å². The molecule has 2 heteroatoms. The van der Waals surface area contributed by atoms with Gasteiger partial charge in [0.05, 0.1) is 0 Å².